The molecule has 0 spiro atoms. The largest absolute Gasteiger partial charge is 0.0651 e. The van der Waals surface area contributed by atoms with Gasteiger partial charge in [-0.3, -0.25) is 0 Å². The first kappa shape index (κ1) is 7.85. The molecule has 0 saturated heterocycles. The minimum atomic E-state index is 1.25. The van der Waals surface area contributed by atoms with Crippen molar-refractivity contribution < 1.29 is 0 Å². The van der Waals surface area contributed by atoms with Gasteiger partial charge < -0.3 is 0 Å². The van der Waals surface area contributed by atoms with E-state index in [-0.39, 0.29) is 0 Å². The van der Waals surface area contributed by atoms with E-state index in [2.05, 4.69) is 31.5 Å². The zero-order valence-electron chi connectivity index (χ0n) is 7.64. The highest BCUT2D eigenvalue weighted by atomic mass is 14.2. The molecule has 0 atom stereocenters. The van der Waals surface area contributed by atoms with Gasteiger partial charge in [0.2, 0.25) is 0 Å². The quantitative estimate of drug-likeness (QED) is 0.622. The number of fused-ring (bicyclic) bond motifs is 1. The van der Waals surface area contributed by atoms with Crippen LogP contribution in [0.15, 0.2) is 18.2 Å². The third kappa shape index (κ3) is 1.26. The van der Waals surface area contributed by atoms with Crippen molar-refractivity contribution in [2.45, 2.75) is 32.6 Å². The van der Waals surface area contributed by atoms with Gasteiger partial charge in [-0.2, -0.15) is 0 Å². The zero-order valence-corrected chi connectivity index (χ0v) is 7.64. The first-order chi connectivity index (χ1) is 5.92. The average Bonchev–Trinajstić information content (AvgIpc) is 2.53. The van der Waals surface area contributed by atoms with E-state index in [1.165, 1.54) is 31.2 Å². The normalized spacial score (nSPS) is 14.8. The van der Waals surface area contributed by atoms with Crippen molar-refractivity contribution in [1.82, 2.24) is 0 Å². The Morgan fingerprint density at radius 2 is 2.25 bits per heavy atom. The number of rotatable bonds is 2. The summed E-state index contributed by atoms with van der Waals surface area (Å²) in [6.45, 7) is 2.25. The van der Waals surface area contributed by atoms with Crippen molar-refractivity contribution in [3.63, 3.8) is 0 Å². The second-order valence-corrected chi connectivity index (χ2v) is 3.48. The van der Waals surface area contributed by atoms with Crippen molar-refractivity contribution in [1.29, 1.82) is 0 Å². The predicted octanol–water partition coefficient (Wildman–Crippen LogP) is 3.14. The first-order valence-corrected chi connectivity index (χ1v) is 4.86. The Labute approximate surface area is 74.6 Å². The lowest BCUT2D eigenvalue weighted by molar-refractivity contribution is 0.897. The monoisotopic (exact) mass is 159 g/mol. The minimum Gasteiger partial charge on any atom is -0.0651 e. The maximum Gasteiger partial charge on any atom is -0.00869 e. The van der Waals surface area contributed by atoms with Crippen LogP contribution in [0.5, 0.6) is 0 Å². The molecule has 0 heterocycles. The van der Waals surface area contributed by atoms with Gasteiger partial charge in [0.05, 0.1) is 0 Å². The number of hydrogen-bond donors (Lipinski definition) is 0. The third-order valence-electron chi connectivity index (χ3n) is 2.59. The molecular weight excluding hydrogens is 144 g/mol. The van der Waals surface area contributed by atoms with Crippen molar-refractivity contribution in [2.24, 2.45) is 0 Å². The van der Waals surface area contributed by atoms with Crippen molar-refractivity contribution in [2.75, 3.05) is 0 Å². The van der Waals surface area contributed by atoms with E-state index in [1.807, 2.05) is 0 Å². The van der Waals surface area contributed by atoms with Gasteiger partial charge in [-0.1, -0.05) is 31.5 Å². The molecular formula is C12H15. The van der Waals surface area contributed by atoms with Gasteiger partial charge in [0.1, 0.15) is 0 Å². The topological polar surface area (TPSA) is 0 Å². The third-order valence-corrected chi connectivity index (χ3v) is 2.59. The molecule has 1 radical (unpaired) electrons. The summed E-state index contributed by atoms with van der Waals surface area (Å²) < 4.78 is 0. The molecule has 0 saturated carbocycles. The summed E-state index contributed by atoms with van der Waals surface area (Å²) in [6, 6.07) is 6.70. The molecule has 0 nitrogen and oxygen atoms in total. The van der Waals surface area contributed by atoms with Crippen molar-refractivity contribution in [3.05, 3.63) is 41.3 Å². The molecule has 0 amide bonds. The van der Waals surface area contributed by atoms with Crippen LogP contribution in [-0.4, -0.2) is 0 Å². The summed E-state index contributed by atoms with van der Waals surface area (Å²) in [5.41, 5.74) is 4.67. The van der Waals surface area contributed by atoms with Gasteiger partial charge in [0, 0.05) is 0 Å². The fraction of sp³-hybridized carbons (Fsp3) is 0.417. The van der Waals surface area contributed by atoms with Crippen LogP contribution in [0.4, 0.5) is 0 Å². The fourth-order valence-corrected chi connectivity index (χ4v) is 2.03. The maximum atomic E-state index is 2.36. The van der Waals surface area contributed by atoms with Crippen LogP contribution in [0, 0.1) is 6.42 Å². The summed E-state index contributed by atoms with van der Waals surface area (Å²) in [5.74, 6) is 0. The highest BCUT2D eigenvalue weighted by molar-refractivity contribution is 5.43. The molecule has 2 rings (SSSR count). The average molecular weight is 159 g/mol. The molecule has 63 valence electrons. The van der Waals surface area contributed by atoms with Crippen LogP contribution < -0.4 is 0 Å². The smallest absolute Gasteiger partial charge is 0.00869 e. The van der Waals surface area contributed by atoms with E-state index >= 15 is 0 Å². The Morgan fingerprint density at radius 1 is 1.33 bits per heavy atom. The summed E-state index contributed by atoms with van der Waals surface area (Å²) in [6.07, 6.45) is 7.38. The molecule has 0 fully saturated rings. The predicted molar refractivity (Wildman–Crippen MR) is 52.2 cm³/mol. The van der Waals surface area contributed by atoms with Gasteiger partial charge in [0.15, 0.2) is 0 Å². The Balaban J connectivity index is 2.36. The molecule has 0 aliphatic heterocycles. The lowest BCUT2D eigenvalue weighted by Crippen LogP contribution is -1.91. The van der Waals surface area contributed by atoms with Crippen LogP contribution in [0.2, 0.25) is 0 Å². The highest BCUT2D eigenvalue weighted by Crippen LogP contribution is 2.27. The van der Waals surface area contributed by atoms with Crippen LogP contribution in [0.3, 0.4) is 0 Å². The molecule has 0 aromatic heterocycles. The highest BCUT2D eigenvalue weighted by Gasteiger charge is 2.13. The van der Waals surface area contributed by atoms with E-state index in [0.29, 0.717) is 0 Å². The second-order valence-electron chi connectivity index (χ2n) is 3.48. The Hall–Kier alpha value is -0.780. The Morgan fingerprint density at radius 3 is 3.08 bits per heavy atom. The molecule has 0 heteroatoms. The summed E-state index contributed by atoms with van der Waals surface area (Å²) in [5, 5.41) is 0. The van der Waals surface area contributed by atoms with Crippen molar-refractivity contribution in [3.8, 4) is 0 Å². The molecule has 0 N–H and O–H groups in total. The van der Waals surface area contributed by atoms with Crippen molar-refractivity contribution >= 4 is 0 Å². The van der Waals surface area contributed by atoms with Crippen LogP contribution >= 0.6 is 0 Å². The van der Waals surface area contributed by atoms with Gasteiger partial charge >= 0.3 is 0 Å². The van der Waals surface area contributed by atoms with Crippen LogP contribution in [0.25, 0.3) is 0 Å². The molecule has 12 heavy (non-hydrogen) atoms. The molecule has 1 aliphatic carbocycles. The number of aryl methyl sites for hydroxylation is 1. The molecule has 0 bridgehead atoms. The van der Waals surface area contributed by atoms with E-state index in [4.69, 9.17) is 0 Å². The first-order valence-electron chi connectivity index (χ1n) is 4.86. The van der Waals surface area contributed by atoms with E-state index in [0.717, 1.165) is 0 Å². The number of benzene rings is 1. The summed E-state index contributed by atoms with van der Waals surface area (Å²) >= 11 is 0. The van der Waals surface area contributed by atoms with E-state index in [1.54, 1.807) is 11.1 Å². The van der Waals surface area contributed by atoms with E-state index < -0.39 is 0 Å². The van der Waals surface area contributed by atoms with Crippen LogP contribution in [0.1, 0.15) is 36.5 Å². The fourth-order valence-electron chi connectivity index (χ4n) is 2.03. The summed E-state index contributed by atoms with van der Waals surface area (Å²) in [4.78, 5) is 0. The maximum absolute atomic E-state index is 2.36. The van der Waals surface area contributed by atoms with Gasteiger partial charge in [-0.05, 0) is 42.4 Å². The second kappa shape index (κ2) is 3.30. The Kier molecular flexibility index (Phi) is 2.16. The van der Waals surface area contributed by atoms with Crippen LogP contribution in [-0.2, 0) is 12.8 Å². The van der Waals surface area contributed by atoms with Gasteiger partial charge in [0.25, 0.3) is 0 Å². The van der Waals surface area contributed by atoms with Gasteiger partial charge in [-0.25, -0.2) is 0 Å². The Bertz CT molecular complexity index is 273. The lowest BCUT2D eigenvalue weighted by Gasteiger charge is -2.05. The lowest BCUT2D eigenvalue weighted by atomic mass is 10.0. The molecule has 1 aromatic rings. The molecule has 1 aromatic carbocycles. The van der Waals surface area contributed by atoms with E-state index in [9.17, 15) is 0 Å². The van der Waals surface area contributed by atoms with Gasteiger partial charge in [-0.15, -0.1) is 0 Å². The number of hydrogen-bond acceptors (Lipinski definition) is 0. The SMILES string of the molecule is CCCc1cccc2c1CC[CH]2. The zero-order chi connectivity index (χ0) is 8.39. The molecule has 1 aliphatic rings. The summed E-state index contributed by atoms with van der Waals surface area (Å²) in [7, 11) is 0. The minimum absolute atomic E-state index is 1.25. The standard InChI is InChI=1S/C12H15/c1-2-5-10-6-3-7-11-8-4-9-12(10)11/h3,6-8H,2,4-5,9H2,1H3. The molecule has 0 unspecified atom stereocenters.